The zero-order chi connectivity index (χ0) is 13.2. The van der Waals surface area contributed by atoms with Gasteiger partial charge in [0.2, 0.25) is 0 Å². The van der Waals surface area contributed by atoms with Gasteiger partial charge in [-0.3, -0.25) is 4.98 Å². The van der Waals surface area contributed by atoms with Gasteiger partial charge in [0.05, 0.1) is 18.1 Å². The molecule has 0 atom stereocenters. The minimum Gasteiger partial charge on any atom is -0.306 e. The summed E-state index contributed by atoms with van der Waals surface area (Å²) in [6.07, 6.45) is 7.23. The second-order valence-corrected chi connectivity index (χ2v) is 5.43. The summed E-state index contributed by atoms with van der Waals surface area (Å²) >= 11 is 0. The number of hydrogen-bond donors (Lipinski definition) is 1. The first-order valence-electron chi connectivity index (χ1n) is 6.02. The number of aryl methyl sites for hydroxylation is 1. The Bertz CT molecular complexity index is 524. The largest absolute Gasteiger partial charge is 0.306 e. The van der Waals surface area contributed by atoms with E-state index in [2.05, 4.69) is 41.2 Å². The van der Waals surface area contributed by atoms with Crippen molar-refractivity contribution in [3.63, 3.8) is 0 Å². The molecule has 5 nitrogen and oxygen atoms in total. The highest BCUT2D eigenvalue weighted by molar-refractivity contribution is 5.20. The van der Waals surface area contributed by atoms with Crippen LogP contribution in [0.1, 0.15) is 32.0 Å². The van der Waals surface area contributed by atoms with Crippen LogP contribution in [0.4, 0.5) is 0 Å². The van der Waals surface area contributed by atoms with Crippen LogP contribution in [-0.4, -0.2) is 25.3 Å². The van der Waals surface area contributed by atoms with Gasteiger partial charge in [-0.15, -0.1) is 0 Å². The lowest BCUT2D eigenvalue weighted by Gasteiger charge is -2.20. The zero-order valence-corrected chi connectivity index (χ0v) is 11.3. The Morgan fingerprint density at radius 2 is 2.00 bits per heavy atom. The van der Waals surface area contributed by atoms with E-state index >= 15 is 0 Å². The van der Waals surface area contributed by atoms with Crippen molar-refractivity contribution in [2.45, 2.75) is 39.8 Å². The summed E-state index contributed by atoms with van der Waals surface area (Å²) in [4.78, 5) is 8.74. The van der Waals surface area contributed by atoms with Gasteiger partial charge in [-0.1, -0.05) is 0 Å². The van der Waals surface area contributed by atoms with Gasteiger partial charge in [0.15, 0.2) is 5.82 Å². The van der Waals surface area contributed by atoms with Crippen LogP contribution in [0.3, 0.4) is 0 Å². The van der Waals surface area contributed by atoms with Crippen molar-refractivity contribution in [3.05, 3.63) is 36.0 Å². The minimum atomic E-state index is 0.0694. The van der Waals surface area contributed by atoms with Gasteiger partial charge < -0.3 is 5.32 Å². The normalized spacial score (nSPS) is 11.8. The molecule has 5 heteroatoms. The fourth-order valence-electron chi connectivity index (χ4n) is 1.48. The lowest BCUT2D eigenvalue weighted by Crippen LogP contribution is -2.35. The molecule has 0 aromatic carbocycles. The summed E-state index contributed by atoms with van der Waals surface area (Å²) in [5.74, 6) is 0.747. The first kappa shape index (κ1) is 12.7. The number of rotatable bonds is 3. The Kier molecular flexibility index (Phi) is 3.43. The monoisotopic (exact) mass is 245 g/mol. The van der Waals surface area contributed by atoms with Gasteiger partial charge in [0, 0.05) is 24.5 Å². The van der Waals surface area contributed by atoms with E-state index in [-0.39, 0.29) is 5.54 Å². The summed E-state index contributed by atoms with van der Waals surface area (Å²) < 4.78 is 1.74. The molecule has 0 fully saturated rings. The Balaban J connectivity index is 2.15. The lowest BCUT2D eigenvalue weighted by atomic mass is 10.1. The van der Waals surface area contributed by atoms with E-state index in [9.17, 15) is 0 Å². The average Bonchev–Trinajstić information content (AvgIpc) is 2.73. The Morgan fingerprint density at radius 3 is 2.61 bits per heavy atom. The summed E-state index contributed by atoms with van der Waals surface area (Å²) in [5.41, 5.74) is 2.09. The number of aromatic nitrogens is 4. The summed E-state index contributed by atoms with van der Waals surface area (Å²) in [6.45, 7) is 9.08. The smallest absolute Gasteiger partial charge is 0.172 e. The predicted octanol–water partition coefficient (Wildman–Crippen LogP) is 1.86. The Morgan fingerprint density at radius 1 is 1.22 bits per heavy atom. The van der Waals surface area contributed by atoms with Gasteiger partial charge in [-0.25, -0.2) is 9.67 Å². The first-order valence-corrected chi connectivity index (χ1v) is 6.02. The molecule has 0 saturated carbocycles. The molecular weight excluding hydrogens is 226 g/mol. The maximum Gasteiger partial charge on any atom is 0.172 e. The van der Waals surface area contributed by atoms with E-state index in [1.165, 1.54) is 0 Å². The van der Waals surface area contributed by atoms with Crippen LogP contribution in [0.5, 0.6) is 0 Å². The topological polar surface area (TPSA) is 55.6 Å². The van der Waals surface area contributed by atoms with Gasteiger partial charge in [0.25, 0.3) is 0 Å². The molecule has 2 rings (SSSR count). The SMILES string of the molecule is Cc1cnn(-c2cncc(CNC(C)(C)C)n2)c1. The molecule has 0 spiro atoms. The van der Waals surface area contributed by atoms with Crippen LogP contribution in [0.15, 0.2) is 24.8 Å². The third-order valence-corrected chi connectivity index (χ3v) is 2.42. The van der Waals surface area contributed by atoms with E-state index in [0.29, 0.717) is 6.54 Å². The van der Waals surface area contributed by atoms with Crippen LogP contribution in [0.2, 0.25) is 0 Å². The molecule has 2 aromatic rings. The molecule has 0 aliphatic heterocycles. The maximum absolute atomic E-state index is 4.53. The van der Waals surface area contributed by atoms with Gasteiger partial charge in [-0.2, -0.15) is 5.10 Å². The van der Waals surface area contributed by atoms with Crippen molar-refractivity contribution >= 4 is 0 Å². The summed E-state index contributed by atoms with van der Waals surface area (Å²) in [6, 6.07) is 0. The maximum atomic E-state index is 4.53. The molecule has 2 heterocycles. The number of hydrogen-bond acceptors (Lipinski definition) is 4. The molecule has 0 bridgehead atoms. The molecular formula is C13H19N5. The van der Waals surface area contributed by atoms with Crippen molar-refractivity contribution in [3.8, 4) is 5.82 Å². The molecule has 0 radical (unpaired) electrons. The Hall–Kier alpha value is -1.75. The molecule has 0 unspecified atom stereocenters. The number of nitrogens with zero attached hydrogens (tertiary/aromatic N) is 4. The zero-order valence-electron chi connectivity index (χ0n) is 11.3. The van der Waals surface area contributed by atoms with Crippen molar-refractivity contribution in [2.75, 3.05) is 0 Å². The van der Waals surface area contributed by atoms with E-state index < -0.39 is 0 Å². The van der Waals surface area contributed by atoms with E-state index in [0.717, 1.165) is 17.1 Å². The second kappa shape index (κ2) is 4.86. The summed E-state index contributed by atoms with van der Waals surface area (Å²) in [7, 11) is 0. The van der Waals surface area contributed by atoms with Crippen molar-refractivity contribution in [1.82, 2.24) is 25.1 Å². The molecule has 2 aromatic heterocycles. The molecule has 0 aliphatic carbocycles. The highest BCUT2D eigenvalue weighted by Gasteiger charge is 2.09. The molecule has 0 amide bonds. The molecule has 1 N–H and O–H groups in total. The van der Waals surface area contributed by atoms with Crippen LogP contribution in [0.25, 0.3) is 5.82 Å². The molecule has 96 valence electrons. The van der Waals surface area contributed by atoms with Crippen molar-refractivity contribution in [1.29, 1.82) is 0 Å². The van der Waals surface area contributed by atoms with E-state index in [1.807, 2.05) is 19.3 Å². The molecule has 0 aliphatic rings. The fraction of sp³-hybridized carbons (Fsp3) is 0.462. The van der Waals surface area contributed by atoms with Crippen LogP contribution in [-0.2, 0) is 6.54 Å². The van der Waals surface area contributed by atoms with Gasteiger partial charge in [0.1, 0.15) is 0 Å². The standard InChI is InChI=1S/C13H19N5/c1-10-5-16-18(9-10)12-8-14-6-11(17-12)7-15-13(2,3)4/h5-6,8-9,15H,7H2,1-4H3. The first-order chi connectivity index (χ1) is 8.44. The third-order valence-electron chi connectivity index (χ3n) is 2.42. The van der Waals surface area contributed by atoms with E-state index in [4.69, 9.17) is 0 Å². The van der Waals surface area contributed by atoms with Crippen LogP contribution in [0, 0.1) is 6.92 Å². The second-order valence-electron chi connectivity index (χ2n) is 5.43. The minimum absolute atomic E-state index is 0.0694. The van der Waals surface area contributed by atoms with Crippen LogP contribution < -0.4 is 5.32 Å². The Labute approximate surface area is 107 Å². The summed E-state index contributed by atoms with van der Waals surface area (Å²) in [5, 5.41) is 7.62. The molecule has 0 saturated heterocycles. The highest BCUT2D eigenvalue weighted by atomic mass is 15.3. The lowest BCUT2D eigenvalue weighted by molar-refractivity contribution is 0.420. The van der Waals surface area contributed by atoms with Crippen molar-refractivity contribution in [2.24, 2.45) is 0 Å². The van der Waals surface area contributed by atoms with Crippen molar-refractivity contribution < 1.29 is 0 Å². The fourth-order valence-corrected chi connectivity index (χ4v) is 1.48. The van der Waals surface area contributed by atoms with Gasteiger partial charge in [-0.05, 0) is 33.3 Å². The number of nitrogens with one attached hydrogen (secondary N) is 1. The predicted molar refractivity (Wildman–Crippen MR) is 70.5 cm³/mol. The van der Waals surface area contributed by atoms with Gasteiger partial charge >= 0.3 is 0 Å². The van der Waals surface area contributed by atoms with E-state index in [1.54, 1.807) is 17.1 Å². The average molecular weight is 245 g/mol. The quantitative estimate of drug-likeness (QED) is 0.896. The third kappa shape index (κ3) is 3.37. The van der Waals surface area contributed by atoms with Crippen LogP contribution >= 0.6 is 0 Å². The molecule has 18 heavy (non-hydrogen) atoms. The highest BCUT2D eigenvalue weighted by Crippen LogP contribution is 2.06.